The van der Waals surface area contributed by atoms with Gasteiger partial charge in [-0.05, 0) is 44.3 Å². The van der Waals surface area contributed by atoms with Crippen molar-refractivity contribution in [1.82, 2.24) is 19.8 Å². The fourth-order valence-electron chi connectivity index (χ4n) is 2.18. The lowest BCUT2D eigenvalue weighted by atomic mass is 10.3. The first kappa shape index (κ1) is 14.5. The molecule has 1 amide bonds. The van der Waals surface area contributed by atoms with Gasteiger partial charge in [-0.2, -0.15) is 5.10 Å². The molecule has 0 atom stereocenters. The highest BCUT2D eigenvalue weighted by molar-refractivity contribution is 5.93. The van der Waals surface area contributed by atoms with Crippen LogP contribution in [-0.2, 0) is 0 Å². The van der Waals surface area contributed by atoms with Crippen molar-refractivity contribution in [2.45, 2.75) is 20.3 Å². The molecule has 2 heterocycles. The number of carbonyl (C=O) groups is 1. The highest BCUT2D eigenvalue weighted by Gasteiger charge is 2.09. The molecule has 5 nitrogen and oxygen atoms in total. The lowest BCUT2D eigenvalue weighted by Crippen LogP contribution is -2.30. The molecule has 2 aromatic rings. The molecule has 0 bridgehead atoms. The quantitative estimate of drug-likeness (QED) is 0.783. The number of rotatable bonds is 7. The summed E-state index contributed by atoms with van der Waals surface area (Å²) >= 11 is 0. The Balaban J connectivity index is 1.83. The SMILES string of the molecule is CCN(CC)CCCNC(=O)c1cc2ccccn2n1. The number of nitrogens with one attached hydrogen (secondary N) is 1. The van der Waals surface area contributed by atoms with E-state index in [4.69, 9.17) is 0 Å². The number of nitrogens with zero attached hydrogens (tertiary/aromatic N) is 3. The summed E-state index contributed by atoms with van der Waals surface area (Å²) < 4.78 is 1.71. The zero-order chi connectivity index (χ0) is 14.4. The van der Waals surface area contributed by atoms with Crippen molar-refractivity contribution in [3.63, 3.8) is 0 Å². The van der Waals surface area contributed by atoms with Gasteiger partial charge >= 0.3 is 0 Å². The molecule has 2 rings (SSSR count). The van der Waals surface area contributed by atoms with Gasteiger partial charge in [0.2, 0.25) is 0 Å². The molecule has 0 radical (unpaired) electrons. The van der Waals surface area contributed by atoms with E-state index in [9.17, 15) is 4.79 Å². The summed E-state index contributed by atoms with van der Waals surface area (Å²) in [6, 6.07) is 7.57. The van der Waals surface area contributed by atoms with Crippen LogP contribution in [0.2, 0.25) is 0 Å². The van der Waals surface area contributed by atoms with Gasteiger partial charge in [-0.3, -0.25) is 4.79 Å². The number of amides is 1. The van der Waals surface area contributed by atoms with E-state index in [2.05, 4.69) is 29.2 Å². The summed E-state index contributed by atoms with van der Waals surface area (Å²) in [4.78, 5) is 14.3. The Morgan fingerprint density at radius 3 is 2.85 bits per heavy atom. The largest absolute Gasteiger partial charge is 0.351 e. The van der Waals surface area contributed by atoms with Crippen LogP contribution in [0.25, 0.3) is 5.52 Å². The molecule has 20 heavy (non-hydrogen) atoms. The third-order valence-electron chi connectivity index (χ3n) is 3.43. The zero-order valence-corrected chi connectivity index (χ0v) is 12.2. The third-order valence-corrected chi connectivity index (χ3v) is 3.43. The van der Waals surface area contributed by atoms with Crippen LogP contribution in [0, 0.1) is 0 Å². The molecule has 108 valence electrons. The lowest BCUT2D eigenvalue weighted by Gasteiger charge is -2.17. The van der Waals surface area contributed by atoms with Gasteiger partial charge in [-0.25, -0.2) is 4.52 Å². The first-order valence-electron chi connectivity index (χ1n) is 7.19. The van der Waals surface area contributed by atoms with E-state index in [-0.39, 0.29) is 5.91 Å². The Kier molecular flexibility index (Phi) is 5.12. The number of aromatic nitrogens is 2. The number of carbonyl (C=O) groups excluding carboxylic acids is 1. The van der Waals surface area contributed by atoms with Crippen LogP contribution in [0.15, 0.2) is 30.5 Å². The summed E-state index contributed by atoms with van der Waals surface area (Å²) in [5.41, 5.74) is 1.40. The van der Waals surface area contributed by atoms with Crippen LogP contribution in [-0.4, -0.2) is 46.6 Å². The molecule has 0 saturated carbocycles. The van der Waals surface area contributed by atoms with E-state index in [1.165, 1.54) is 0 Å². The summed E-state index contributed by atoms with van der Waals surface area (Å²) in [6.45, 7) is 8.10. The average Bonchev–Trinajstić information content (AvgIpc) is 2.91. The number of pyridine rings is 1. The fraction of sp³-hybridized carbons (Fsp3) is 0.467. The van der Waals surface area contributed by atoms with Crippen molar-refractivity contribution >= 4 is 11.4 Å². The predicted octanol–water partition coefficient (Wildman–Crippen LogP) is 1.80. The second-order valence-electron chi connectivity index (χ2n) is 4.74. The first-order valence-corrected chi connectivity index (χ1v) is 7.19. The van der Waals surface area contributed by atoms with Crippen LogP contribution in [0.1, 0.15) is 30.8 Å². The summed E-state index contributed by atoms with van der Waals surface area (Å²) in [5.74, 6) is -0.103. The van der Waals surface area contributed by atoms with Gasteiger partial charge in [0.05, 0.1) is 5.52 Å². The van der Waals surface area contributed by atoms with Gasteiger partial charge in [0.25, 0.3) is 5.91 Å². The van der Waals surface area contributed by atoms with Crippen LogP contribution < -0.4 is 5.32 Å². The maximum Gasteiger partial charge on any atom is 0.271 e. The molecule has 0 aliphatic heterocycles. The van der Waals surface area contributed by atoms with Crippen molar-refractivity contribution in [2.75, 3.05) is 26.2 Å². The molecule has 0 aliphatic rings. The standard InChI is InChI=1S/C15H22N4O/c1-3-18(4-2)10-7-9-16-15(20)14-12-13-8-5-6-11-19(13)17-14/h5-6,8,11-12H,3-4,7,9-10H2,1-2H3,(H,16,20). The molecule has 0 fully saturated rings. The maximum atomic E-state index is 12.0. The second-order valence-corrected chi connectivity index (χ2v) is 4.74. The van der Waals surface area contributed by atoms with E-state index >= 15 is 0 Å². The molecule has 0 saturated heterocycles. The molecule has 0 aromatic carbocycles. The molecular weight excluding hydrogens is 252 g/mol. The first-order chi connectivity index (χ1) is 9.74. The molecule has 0 unspecified atom stereocenters. The van der Waals surface area contributed by atoms with Gasteiger partial charge in [-0.15, -0.1) is 0 Å². The Morgan fingerprint density at radius 1 is 1.35 bits per heavy atom. The molecule has 1 N–H and O–H groups in total. The van der Waals surface area contributed by atoms with E-state index in [1.807, 2.05) is 24.4 Å². The summed E-state index contributed by atoms with van der Waals surface area (Å²) in [7, 11) is 0. The Bertz CT molecular complexity index is 527. The second kappa shape index (κ2) is 7.05. The van der Waals surface area contributed by atoms with E-state index in [1.54, 1.807) is 10.6 Å². The Labute approximate surface area is 119 Å². The topological polar surface area (TPSA) is 49.6 Å². The van der Waals surface area contributed by atoms with Crippen LogP contribution >= 0.6 is 0 Å². The van der Waals surface area contributed by atoms with Crippen LogP contribution in [0.5, 0.6) is 0 Å². The van der Waals surface area contributed by atoms with Crippen molar-refractivity contribution in [3.8, 4) is 0 Å². The minimum Gasteiger partial charge on any atom is -0.351 e. The number of fused-ring (bicyclic) bond motifs is 1. The molecule has 0 spiro atoms. The fourth-order valence-corrected chi connectivity index (χ4v) is 2.18. The molecule has 0 aliphatic carbocycles. The smallest absolute Gasteiger partial charge is 0.271 e. The van der Waals surface area contributed by atoms with Crippen LogP contribution in [0.4, 0.5) is 0 Å². The van der Waals surface area contributed by atoms with Crippen molar-refractivity contribution < 1.29 is 4.79 Å². The summed E-state index contributed by atoms with van der Waals surface area (Å²) in [5, 5.41) is 7.18. The zero-order valence-electron chi connectivity index (χ0n) is 12.2. The average molecular weight is 274 g/mol. The van der Waals surface area contributed by atoms with Gasteiger partial charge in [0.15, 0.2) is 5.69 Å². The highest BCUT2D eigenvalue weighted by Crippen LogP contribution is 2.05. The van der Waals surface area contributed by atoms with Crippen molar-refractivity contribution in [1.29, 1.82) is 0 Å². The van der Waals surface area contributed by atoms with Gasteiger partial charge in [0, 0.05) is 12.7 Å². The molecule has 2 aromatic heterocycles. The minimum absolute atomic E-state index is 0.103. The highest BCUT2D eigenvalue weighted by atomic mass is 16.1. The van der Waals surface area contributed by atoms with Crippen LogP contribution in [0.3, 0.4) is 0 Å². The Hall–Kier alpha value is -1.88. The minimum atomic E-state index is -0.103. The monoisotopic (exact) mass is 274 g/mol. The van der Waals surface area contributed by atoms with Gasteiger partial charge in [0.1, 0.15) is 0 Å². The van der Waals surface area contributed by atoms with E-state index in [0.717, 1.165) is 31.6 Å². The van der Waals surface area contributed by atoms with Gasteiger partial charge < -0.3 is 10.2 Å². The molecule has 5 heteroatoms. The predicted molar refractivity (Wildman–Crippen MR) is 79.9 cm³/mol. The maximum absolute atomic E-state index is 12.0. The van der Waals surface area contributed by atoms with E-state index in [0.29, 0.717) is 12.2 Å². The van der Waals surface area contributed by atoms with E-state index < -0.39 is 0 Å². The summed E-state index contributed by atoms with van der Waals surface area (Å²) in [6.07, 6.45) is 2.80. The number of hydrogen-bond acceptors (Lipinski definition) is 3. The Morgan fingerprint density at radius 2 is 2.15 bits per heavy atom. The van der Waals surface area contributed by atoms with Gasteiger partial charge in [-0.1, -0.05) is 19.9 Å². The normalized spacial score (nSPS) is 11.2. The molecular formula is C15H22N4O. The third kappa shape index (κ3) is 3.57. The van der Waals surface area contributed by atoms with Crippen molar-refractivity contribution in [3.05, 3.63) is 36.2 Å². The van der Waals surface area contributed by atoms with Crippen molar-refractivity contribution in [2.24, 2.45) is 0 Å². The lowest BCUT2D eigenvalue weighted by molar-refractivity contribution is 0.0946. The number of hydrogen-bond donors (Lipinski definition) is 1.